The fourth-order valence-corrected chi connectivity index (χ4v) is 2.26. The Kier molecular flexibility index (Phi) is 4.39. The number of hydrogen-bond acceptors (Lipinski definition) is 2. The standard InChI is InChI=1S/C11H21NO2/c1-9(5-6-11(13)14)10-4-3-7-12(2)8-10/h9-10H,3-8H2,1-2H3,(H,13,14). The molecule has 1 aliphatic heterocycles. The Morgan fingerprint density at radius 3 is 2.93 bits per heavy atom. The summed E-state index contributed by atoms with van der Waals surface area (Å²) in [5, 5.41) is 8.60. The summed E-state index contributed by atoms with van der Waals surface area (Å²) in [5.41, 5.74) is 0. The molecule has 3 heteroatoms. The van der Waals surface area contributed by atoms with Crippen molar-refractivity contribution in [1.82, 2.24) is 4.90 Å². The molecule has 14 heavy (non-hydrogen) atoms. The smallest absolute Gasteiger partial charge is 0.303 e. The molecule has 1 aliphatic rings. The van der Waals surface area contributed by atoms with Crippen LogP contribution in [0.2, 0.25) is 0 Å². The monoisotopic (exact) mass is 199 g/mol. The van der Waals surface area contributed by atoms with Gasteiger partial charge in [0.25, 0.3) is 0 Å². The summed E-state index contributed by atoms with van der Waals surface area (Å²) in [6.07, 6.45) is 3.68. The molecule has 82 valence electrons. The van der Waals surface area contributed by atoms with Crippen molar-refractivity contribution in [1.29, 1.82) is 0 Å². The van der Waals surface area contributed by atoms with E-state index < -0.39 is 5.97 Å². The van der Waals surface area contributed by atoms with Crippen LogP contribution in [-0.4, -0.2) is 36.1 Å². The van der Waals surface area contributed by atoms with E-state index in [0.717, 1.165) is 13.0 Å². The van der Waals surface area contributed by atoms with Crippen LogP contribution in [-0.2, 0) is 4.79 Å². The molecule has 0 aromatic carbocycles. The fourth-order valence-electron chi connectivity index (χ4n) is 2.26. The summed E-state index contributed by atoms with van der Waals surface area (Å²) >= 11 is 0. The van der Waals surface area contributed by atoms with Gasteiger partial charge in [-0.3, -0.25) is 4.79 Å². The summed E-state index contributed by atoms with van der Waals surface area (Å²) in [5.74, 6) is 0.586. The van der Waals surface area contributed by atoms with Crippen LogP contribution in [0.5, 0.6) is 0 Å². The molecule has 0 spiro atoms. The zero-order chi connectivity index (χ0) is 10.6. The number of aliphatic carboxylic acids is 1. The third-order valence-corrected chi connectivity index (χ3v) is 3.28. The van der Waals surface area contributed by atoms with Crippen molar-refractivity contribution < 1.29 is 9.90 Å². The summed E-state index contributed by atoms with van der Waals surface area (Å²) in [4.78, 5) is 12.8. The van der Waals surface area contributed by atoms with Gasteiger partial charge in [-0.25, -0.2) is 0 Å². The van der Waals surface area contributed by atoms with Crippen LogP contribution in [0, 0.1) is 11.8 Å². The van der Waals surface area contributed by atoms with E-state index in [4.69, 9.17) is 5.11 Å². The van der Waals surface area contributed by atoms with E-state index in [9.17, 15) is 4.79 Å². The minimum atomic E-state index is -0.666. The molecule has 0 saturated carbocycles. The molecule has 1 N–H and O–H groups in total. The van der Waals surface area contributed by atoms with Gasteiger partial charge in [0.15, 0.2) is 0 Å². The first-order chi connectivity index (χ1) is 6.59. The molecule has 1 saturated heterocycles. The van der Waals surface area contributed by atoms with Crippen LogP contribution < -0.4 is 0 Å². The maximum absolute atomic E-state index is 10.4. The number of carbonyl (C=O) groups is 1. The molecule has 0 bridgehead atoms. The predicted octanol–water partition coefficient (Wildman–Crippen LogP) is 1.83. The number of carboxylic acid groups (broad SMARTS) is 1. The minimum Gasteiger partial charge on any atom is -0.481 e. The number of piperidine rings is 1. The average molecular weight is 199 g/mol. The fraction of sp³-hybridized carbons (Fsp3) is 0.909. The highest BCUT2D eigenvalue weighted by molar-refractivity contribution is 5.66. The number of carboxylic acids is 1. The van der Waals surface area contributed by atoms with Gasteiger partial charge in [0.05, 0.1) is 0 Å². The van der Waals surface area contributed by atoms with E-state index in [1.54, 1.807) is 0 Å². The lowest BCUT2D eigenvalue weighted by Gasteiger charge is -2.33. The average Bonchev–Trinajstić information content (AvgIpc) is 2.14. The van der Waals surface area contributed by atoms with Gasteiger partial charge in [-0.15, -0.1) is 0 Å². The lowest BCUT2D eigenvalue weighted by molar-refractivity contribution is -0.137. The molecule has 0 amide bonds. The molecule has 3 nitrogen and oxygen atoms in total. The second kappa shape index (κ2) is 5.35. The maximum atomic E-state index is 10.4. The Morgan fingerprint density at radius 2 is 2.36 bits per heavy atom. The first kappa shape index (κ1) is 11.5. The summed E-state index contributed by atoms with van der Waals surface area (Å²) in [6, 6.07) is 0. The SMILES string of the molecule is CC(CCC(=O)O)C1CCCN(C)C1. The Balaban J connectivity index is 2.28. The summed E-state index contributed by atoms with van der Waals surface area (Å²) in [6.45, 7) is 4.52. The molecule has 0 radical (unpaired) electrons. The molecule has 0 aromatic heterocycles. The zero-order valence-electron chi connectivity index (χ0n) is 9.20. The van der Waals surface area contributed by atoms with Crippen molar-refractivity contribution in [3.63, 3.8) is 0 Å². The van der Waals surface area contributed by atoms with Crippen LogP contribution in [0.25, 0.3) is 0 Å². The quantitative estimate of drug-likeness (QED) is 0.751. The number of rotatable bonds is 4. The van der Waals surface area contributed by atoms with Crippen LogP contribution in [0.4, 0.5) is 0 Å². The lowest BCUT2D eigenvalue weighted by atomic mass is 9.84. The van der Waals surface area contributed by atoms with Crippen molar-refractivity contribution in [2.75, 3.05) is 20.1 Å². The van der Waals surface area contributed by atoms with Gasteiger partial charge in [0, 0.05) is 13.0 Å². The van der Waals surface area contributed by atoms with Gasteiger partial charge >= 0.3 is 5.97 Å². The van der Waals surface area contributed by atoms with Crippen molar-refractivity contribution in [2.24, 2.45) is 11.8 Å². The van der Waals surface area contributed by atoms with Crippen molar-refractivity contribution >= 4 is 5.97 Å². The summed E-state index contributed by atoms with van der Waals surface area (Å²) in [7, 11) is 2.15. The van der Waals surface area contributed by atoms with Crippen molar-refractivity contribution in [2.45, 2.75) is 32.6 Å². The molecule has 2 atom stereocenters. The maximum Gasteiger partial charge on any atom is 0.303 e. The largest absolute Gasteiger partial charge is 0.481 e. The normalized spacial score (nSPS) is 26.0. The molecular formula is C11H21NO2. The van der Waals surface area contributed by atoms with Crippen LogP contribution >= 0.6 is 0 Å². The van der Waals surface area contributed by atoms with Gasteiger partial charge in [-0.2, -0.15) is 0 Å². The van der Waals surface area contributed by atoms with Gasteiger partial charge in [-0.05, 0) is 44.7 Å². The molecule has 0 aromatic rings. The topological polar surface area (TPSA) is 40.5 Å². The first-order valence-electron chi connectivity index (χ1n) is 5.50. The molecule has 1 rings (SSSR count). The zero-order valence-corrected chi connectivity index (χ0v) is 9.20. The van der Waals surface area contributed by atoms with Crippen molar-refractivity contribution in [3.05, 3.63) is 0 Å². The summed E-state index contributed by atoms with van der Waals surface area (Å²) < 4.78 is 0. The van der Waals surface area contributed by atoms with Crippen LogP contribution in [0.1, 0.15) is 32.6 Å². The van der Waals surface area contributed by atoms with Gasteiger partial charge < -0.3 is 10.0 Å². The predicted molar refractivity (Wildman–Crippen MR) is 56.3 cm³/mol. The van der Waals surface area contributed by atoms with Gasteiger partial charge in [0.1, 0.15) is 0 Å². The minimum absolute atomic E-state index is 0.321. The number of likely N-dealkylation sites (tertiary alicyclic amines) is 1. The van der Waals surface area contributed by atoms with E-state index in [-0.39, 0.29) is 0 Å². The number of hydrogen-bond donors (Lipinski definition) is 1. The Morgan fingerprint density at radius 1 is 1.64 bits per heavy atom. The van der Waals surface area contributed by atoms with E-state index in [0.29, 0.717) is 18.3 Å². The van der Waals surface area contributed by atoms with Gasteiger partial charge in [-0.1, -0.05) is 6.92 Å². The third-order valence-electron chi connectivity index (χ3n) is 3.28. The van der Waals surface area contributed by atoms with E-state index in [1.165, 1.54) is 19.4 Å². The van der Waals surface area contributed by atoms with Crippen LogP contribution in [0.3, 0.4) is 0 Å². The lowest BCUT2D eigenvalue weighted by Crippen LogP contribution is -2.35. The van der Waals surface area contributed by atoms with E-state index in [1.807, 2.05) is 0 Å². The third kappa shape index (κ3) is 3.66. The van der Waals surface area contributed by atoms with Crippen LogP contribution in [0.15, 0.2) is 0 Å². The molecular weight excluding hydrogens is 178 g/mol. The molecule has 0 aliphatic carbocycles. The van der Waals surface area contributed by atoms with E-state index >= 15 is 0 Å². The van der Waals surface area contributed by atoms with Gasteiger partial charge in [0.2, 0.25) is 0 Å². The van der Waals surface area contributed by atoms with Crippen molar-refractivity contribution in [3.8, 4) is 0 Å². The Hall–Kier alpha value is -0.570. The highest BCUT2D eigenvalue weighted by Crippen LogP contribution is 2.26. The second-order valence-corrected chi connectivity index (χ2v) is 4.57. The second-order valence-electron chi connectivity index (χ2n) is 4.57. The molecule has 2 unspecified atom stereocenters. The molecule has 1 heterocycles. The number of nitrogens with zero attached hydrogens (tertiary/aromatic N) is 1. The Labute approximate surface area is 86.1 Å². The first-order valence-corrected chi connectivity index (χ1v) is 5.50. The Bertz CT molecular complexity index is 194. The highest BCUT2D eigenvalue weighted by Gasteiger charge is 2.22. The molecule has 1 fully saturated rings. The highest BCUT2D eigenvalue weighted by atomic mass is 16.4. The van der Waals surface area contributed by atoms with E-state index in [2.05, 4.69) is 18.9 Å².